The highest BCUT2D eigenvalue weighted by Gasteiger charge is 2.51. The molecular weight excluding hydrogens is 535 g/mol. The molecule has 0 radical (unpaired) electrons. The lowest BCUT2D eigenvalue weighted by Crippen LogP contribution is -2.67. The SMILES string of the molecule is Cc1cn([C@H]2CC(CCP(=O)(O)O)[C@@H](CO[Si](c3ccccc3)(c3ccccc3)C(C)(C)C)O2)c(=O)[nH]c1=O. The Labute approximate surface area is 229 Å². The van der Waals surface area contributed by atoms with Gasteiger partial charge >= 0.3 is 13.3 Å². The Kier molecular flexibility index (Phi) is 8.66. The minimum Gasteiger partial charge on any atom is -0.405 e. The largest absolute Gasteiger partial charge is 0.405 e. The molecule has 1 unspecified atom stereocenters. The Morgan fingerprint density at radius 3 is 2.13 bits per heavy atom. The van der Waals surface area contributed by atoms with Gasteiger partial charge in [0.1, 0.15) is 6.23 Å². The van der Waals surface area contributed by atoms with Crippen molar-refractivity contribution in [2.24, 2.45) is 5.92 Å². The first kappa shape index (κ1) is 29.4. The molecule has 1 fully saturated rings. The number of nitrogens with one attached hydrogen (secondary N) is 1. The molecule has 2 aromatic carbocycles. The van der Waals surface area contributed by atoms with Crippen molar-refractivity contribution in [3.63, 3.8) is 0 Å². The first-order valence-corrected chi connectivity index (χ1v) is 16.8. The first-order valence-electron chi connectivity index (χ1n) is 13.1. The average molecular weight is 573 g/mol. The summed E-state index contributed by atoms with van der Waals surface area (Å²) in [5.74, 6) is -0.264. The van der Waals surface area contributed by atoms with E-state index in [4.69, 9.17) is 9.16 Å². The number of H-pyrrole nitrogens is 1. The molecule has 0 spiro atoms. The van der Waals surface area contributed by atoms with Crippen molar-refractivity contribution in [3.05, 3.63) is 93.3 Å². The maximum atomic E-state index is 12.6. The topological polar surface area (TPSA) is 131 Å². The molecule has 9 nitrogen and oxygen atoms in total. The van der Waals surface area contributed by atoms with Crippen LogP contribution in [0.4, 0.5) is 0 Å². The molecule has 0 bridgehead atoms. The number of aromatic amines is 1. The second kappa shape index (κ2) is 11.5. The highest BCUT2D eigenvalue weighted by atomic mass is 31.2. The van der Waals surface area contributed by atoms with E-state index < -0.39 is 39.5 Å². The summed E-state index contributed by atoms with van der Waals surface area (Å²) in [6.07, 6.45) is 0.553. The smallest absolute Gasteiger partial charge is 0.330 e. The molecule has 39 heavy (non-hydrogen) atoms. The van der Waals surface area contributed by atoms with Crippen molar-refractivity contribution in [2.75, 3.05) is 12.8 Å². The van der Waals surface area contributed by atoms with Crippen molar-refractivity contribution in [2.45, 2.75) is 57.9 Å². The number of aryl methyl sites for hydroxylation is 1. The van der Waals surface area contributed by atoms with Gasteiger partial charge < -0.3 is 18.9 Å². The number of rotatable bonds is 9. The van der Waals surface area contributed by atoms with Gasteiger partial charge in [-0.2, -0.15) is 0 Å². The minimum absolute atomic E-state index is 0.187. The fourth-order valence-corrected chi connectivity index (χ4v) is 10.8. The molecule has 4 rings (SSSR count). The lowest BCUT2D eigenvalue weighted by atomic mass is 9.98. The third-order valence-corrected chi connectivity index (χ3v) is 13.3. The minimum atomic E-state index is -4.24. The molecule has 1 aliphatic rings. The first-order chi connectivity index (χ1) is 18.3. The maximum absolute atomic E-state index is 12.6. The monoisotopic (exact) mass is 572 g/mol. The van der Waals surface area contributed by atoms with Crippen molar-refractivity contribution in [1.82, 2.24) is 9.55 Å². The zero-order chi connectivity index (χ0) is 28.4. The van der Waals surface area contributed by atoms with Crippen LogP contribution in [0.1, 0.15) is 45.4 Å². The molecule has 0 saturated carbocycles. The van der Waals surface area contributed by atoms with E-state index in [0.29, 0.717) is 12.0 Å². The van der Waals surface area contributed by atoms with Crippen LogP contribution >= 0.6 is 7.60 Å². The van der Waals surface area contributed by atoms with Crippen LogP contribution in [0.3, 0.4) is 0 Å². The van der Waals surface area contributed by atoms with E-state index in [-0.39, 0.29) is 30.1 Å². The zero-order valence-corrected chi connectivity index (χ0v) is 24.6. The molecule has 3 atom stereocenters. The molecule has 210 valence electrons. The normalized spacial score (nSPS) is 20.3. The molecular formula is C28H37N2O7PSi. The van der Waals surface area contributed by atoms with Gasteiger partial charge in [-0.3, -0.25) is 18.9 Å². The van der Waals surface area contributed by atoms with Crippen LogP contribution in [-0.4, -0.2) is 46.5 Å². The summed E-state index contributed by atoms with van der Waals surface area (Å²) in [5.41, 5.74) is -0.672. The van der Waals surface area contributed by atoms with Gasteiger partial charge in [0.15, 0.2) is 0 Å². The van der Waals surface area contributed by atoms with Crippen molar-refractivity contribution in [3.8, 4) is 0 Å². The number of benzene rings is 2. The van der Waals surface area contributed by atoms with Gasteiger partial charge in [0.2, 0.25) is 0 Å². The number of ether oxygens (including phenoxy) is 1. The van der Waals surface area contributed by atoms with Gasteiger partial charge in [0.25, 0.3) is 13.9 Å². The Balaban J connectivity index is 1.71. The predicted molar refractivity (Wildman–Crippen MR) is 153 cm³/mol. The van der Waals surface area contributed by atoms with Crippen LogP contribution in [0.15, 0.2) is 76.4 Å². The summed E-state index contributed by atoms with van der Waals surface area (Å²) < 4.78 is 26.5. The summed E-state index contributed by atoms with van der Waals surface area (Å²) in [5, 5.41) is 1.96. The van der Waals surface area contributed by atoms with E-state index in [1.54, 1.807) is 6.92 Å². The predicted octanol–water partition coefficient (Wildman–Crippen LogP) is 2.89. The third-order valence-electron chi connectivity index (χ3n) is 7.49. The standard InChI is InChI=1S/C28H37N2O7PSi/c1-20-18-30(27(32)29-26(20)31)25-17-21(15-16-38(33,34)35)24(37-25)19-36-39(28(2,3)4,22-11-7-5-8-12-22)23-13-9-6-10-14-23/h5-14,18,21,24-25H,15-17,19H2,1-4H3,(H,29,31,32)(H2,33,34,35)/t21?,24-,25-/m1/s1. The van der Waals surface area contributed by atoms with Gasteiger partial charge in [-0.25, -0.2) is 4.79 Å². The molecule has 11 heteroatoms. The second-order valence-corrected chi connectivity index (χ2v) is 17.3. The fourth-order valence-electron chi connectivity index (χ4n) is 5.54. The Morgan fingerprint density at radius 2 is 1.62 bits per heavy atom. The van der Waals surface area contributed by atoms with E-state index in [2.05, 4.69) is 50.0 Å². The van der Waals surface area contributed by atoms with E-state index in [1.165, 1.54) is 10.8 Å². The number of hydrogen-bond acceptors (Lipinski definition) is 5. The Morgan fingerprint density at radius 1 is 1.05 bits per heavy atom. The van der Waals surface area contributed by atoms with Crippen molar-refractivity contribution in [1.29, 1.82) is 0 Å². The van der Waals surface area contributed by atoms with Crippen LogP contribution in [0.25, 0.3) is 0 Å². The molecule has 0 amide bonds. The van der Waals surface area contributed by atoms with Gasteiger partial charge in [-0.05, 0) is 41.1 Å². The zero-order valence-electron chi connectivity index (χ0n) is 22.7. The summed E-state index contributed by atoms with van der Waals surface area (Å²) in [7, 11) is -7.12. The molecule has 1 saturated heterocycles. The highest BCUT2D eigenvalue weighted by Crippen LogP contribution is 2.43. The molecule has 1 aliphatic heterocycles. The van der Waals surface area contributed by atoms with E-state index in [1.807, 2.05) is 36.4 Å². The van der Waals surface area contributed by atoms with E-state index >= 15 is 0 Å². The van der Waals surface area contributed by atoms with Gasteiger partial charge in [-0.1, -0.05) is 81.4 Å². The van der Waals surface area contributed by atoms with Crippen LogP contribution in [0.2, 0.25) is 5.04 Å². The van der Waals surface area contributed by atoms with Crippen LogP contribution in [-0.2, 0) is 13.7 Å². The summed E-state index contributed by atoms with van der Waals surface area (Å²) >= 11 is 0. The van der Waals surface area contributed by atoms with E-state index in [0.717, 1.165) is 10.4 Å². The molecule has 2 heterocycles. The summed E-state index contributed by atoms with van der Waals surface area (Å²) in [6, 6.07) is 20.3. The van der Waals surface area contributed by atoms with Gasteiger partial charge in [0.05, 0.1) is 18.9 Å². The Bertz CT molecular complexity index is 1390. The molecule has 0 aliphatic carbocycles. The Hall–Kier alpha value is -2.59. The molecule has 1 aromatic heterocycles. The van der Waals surface area contributed by atoms with Crippen LogP contribution in [0, 0.1) is 12.8 Å². The van der Waals surface area contributed by atoms with Gasteiger partial charge in [0, 0.05) is 11.8 Å². The third kappa shape index (κ3) is 6.43. The number of hydrogen-bond donors (Lipinski definition) is 3. The van der Waals surface area contributed by atoms with Gasteiger partial charge in [-0.15, -0.1) is 0 Å². The maximum Gasteiger partial charge on any atom is 0.330 e. The highest BCUT2D eigenvalue weighted by molar-refractivity contribution is 7.51. The average Bonchev–Trinajstić information content (AvgIpc) is 3.28. The summed E-state index contributed by atoms with van der Waals surface area (Å²) in [6.45, 7) is 8.31. The fraction of sp³-hybridized carbons (Fsp3) is 0.429. The van der Waals surface area contributed by atoms with Crippen molar-refractivity contribution < 1.29 is 23.5 Å². The number of aromatic nitrogens is 2. The quantitative estimate of drug-likeness (QED) is 0.266. The number of nitrogens with zero attached hydrogens (tertiary/aromatic N) is 1. The van der Waals surface area contributed by atoms with Crippen molar-refractivity contribution >= 4 is 26.3 Å². The molecule has 3 N–H and O–H groups in total. The molecule has 3 aromatic rings. The second-order valence-electron chi connectivity index (χ2n) is 11.3. The van der Waals surface area contributed by atoms with E-state index in [9.17, 15) is 23.9 Å². The summed E-state index contributed by atoms with van der Waals surface area (Å²) in [4.78, 5) is 46.0. The lowest BCUT2D eigenvalue weighted by molar-refractivity contribution is -0.0296. The lowest BCUT2D eigenvalue weighted by Gasteiger charge is -2.43. The van der Waals surface area contributed by atoms with Crippen LogP contribution < -0.4 is 21.6 Å². The van der Waals surface area contributed by atoms with Crippen LogP contribution in [0.5, 0.6) is 0 Å².